The molecule has 0 bridgehead atoms. The van der Waals surface area contributed by atoms with Crippen LogP contribution in [0.3, 0.4) is 0 Å². The summed E-state index contributed by atoms with van der Waals surface area (Å²) >= 11 is 0. The van der Waals surface area contributed by atoms with E-state index in [9.17, 15) is 31.6 Å². The third-order valence-corrected chi connectivity index (χ3v) is 7.81. The van der Waals surface area contributed by atoms with Gasteiger partial charge in [0.1, 0.15) is 5.54 Å². The van der Waals surface area contributed by atoms with Gasteiger partial charge < -0.3 is 5.32 Å². The average Bonchev–Trinajstić information content (AvgIpc) is 3.30. The Kier molecular flexibility index (Phi) is 5.47. The van der Waals surface area contributed by atoms with E-state index in [0.717, 1.165) is 17.0 Å². The molecule has 1 atom stereocenters. The van der Waals surface area contributed by atoms with E-state index in [-0.39, 0.29) is 23.4 Å². The number of benzene rings is 2. The summed E-state index contributed by atoms with van der Waals surface area (Å²) < 4.78 is 52.7. The topological polar surface area (TPSA) is 104 Å². The minimum atomic E-state index is -3.43. The maximum Gasteiger partial charge on any atom is 0.325 e. The van der Waals surface area contributed by atoms with Gasteiger partial charge in [0.25, 0.3) is 5.91 Å². The third kappa shape index (κ3) is 3.75. The number of carbonyl (C=O) groups excluding carboxylic acids is 3. The summed E-state index contributed by atoms with van der Waals surface area (Å²) in [6.07, 6.45) is 0.438. The van der Waals surface area contributed by atoms with E-state index in [0.29, 0.717) is 17.7 Å². The van der Waals surface area contributed by atoms with E-state index < -0.39 is 51.5 Å². The Morgan fingerprint density at radius 2 is 1.85 bits per heavy atom. The molecule has 1 N–H and O–H groups in total. The van der Waals surface area contributed by atoms with Crippen LogP contribution in [0.2, 0.25) is 0 Å². The number of nitrogens with zero attached hydrogens (tertiary/aromatic N) is 2. The molecule has 2 aliphatic heterocycles. The highest BCUT2D eigenvalue weighted by Gasteiger charge is 2.49. The number of ketones is 1. The Hall–Kier alpha value is -3.34. The molecule has 1 saturated heterocycles. The van der Waals surface area contributed by atoms with Gasteiger partial charge in [-0.2, -0.15) is 0 Å². The Bertz CT molecular complexity index is 1300. The second-order valence-corrected chi connectivity index (χ2v) is 10.2. The summed E-state index contributed by atoms with van der Waals surface area (Å²) in [5.41, 5.74) is -0.189. The van der Waals surface area contributed by atoms with Crippen LogP contribution in [-0.2, 0) is 26.8 Å². The van der Waals surface area contributed by atoms with Crippen molar-refractivity contribution < 1.29 is 31.6 Å². The Labute approximate surface area is 189 Å². The van der Waals surface area contributed by atoms with Crippen LogP contribution in [0, 0.1) is 11.6 Å². The maximum atomic E-state index is 13.7. The highest BCUT2D eigenvalue weighted by molar-refractivity contribution is 7.92. The van der Waals surface area contributed by atoms with Gasteiger partial charge in [-0.25, -0.2) is 22.0 Å². The van der Waals surface area contributed by atoms with Gasteiger partial charge in [-0.3, -0.25) is 18.8 Å². The number of anilines is 1. The van der Waals surface area contributed by atoms with Gasteiger partial charge in [0, 0.05) is 12.1 Å². The minimum Gasteiger partial charge on any atom is -0.319 e. The quantitative estimate of drug-likeness (QED) is 0.508. The molecule has 0 aliphatic carbocycles. The number of amides is 3. The van der Waals surface area contributed by atoms with E-state index >= 15 is 0 Å². The first kappa shape index (κ1) is 22.8. The predicted molar refractivity (Wildman–Crippen MR) is 115 cm³/mol. The molecule has 1 unspecified atom stereocenters. The summed E-state index contributed by atoms with van der Waals surface area (Å²) in [5, 5.41) is 2.44. The number of fused-ring (bicyclic) bond motifs is 1. The Balaban J connectivity index is 1.55. The molecule has 2 aliphatic rings. The van der Waals surface area contributed by atoms with Crippen LogP contribution in [0.15, 0.2) is 36.4 Å². The first-order chi connectivity index (χ1) is 15.5. The van der Waals surface area contributed by atoms with Gasteiger partial charge in [-0.1, -0.05) is 6.07 Å². The molecule has 4 rings (SSSR count). The van der Waals surface area contributed by atoms with Crippen molar-refractivity contribution in [2.24, 2.45) is 0 Å². The number of hydrogen-bond donors (Lipinski definition) is 1. The molecule has 2 aromatic rings. The zero-order chi connectivity index (χ0) is 24.1. The largest absolute Gasteiger partial charge is 0.325 e. The molecule has 8 nitrogen and oxygen atoms in total. The molecular formula is C22H21F2N3O5S. The highest BCUT2D eigenvalue weighted by atomic mass is 32.2. The van der Waals surface area contributed by atoms with Crippen molar-refractivity contribution in [3.05, 3.63) is 64.7 Å². The van der Waals surface area contributed by atoms with Crippen molar-refractivity contribution in [2.45, 2.75) is 25.8 Å². The lowest BCUT2D eigenvalue weighted by Gasteiger charge is -2.22. The van der Waals surface area contributed by atoms with E-state index in [2.05, 4.69) is 5.32 Å². The summed E-state index contributed by atoms with van der Waals surface area (Å²) in [6, 6.07) is 6.61. The molecule has 0 spiro atoms. The zero-order valence-corrected chi connectivity index (χ0v) is 18.7. The number of urea groups is 1. The van der Waals surface area contributed by atoms with Crippen molar-refractivity contribution in [3.63, 3.8) is 0 Å². The normalized spacial score (nSPS) is 20.2. The molecule has 0 radical (unpaired) electrons. The molecule has 11 heteroatoms. The standard InChI is InChI=1S/C22H21F2N3O5S/c1-3-33(31,32)27-9-8-13-10-14(4-7-18(13)27)19(28)12-26-20(29)22(2,25-21(26)30)15-5-6-16(23)17(24)11-15/h4-7,10-11H,3,8-9,12H2,1-2H3,(H,25,30). The first-order valence-electron chi connectivity index (χ1n) is 10.2. The van der Waals surface area contributed by atoms with Crippen LogP contribution in [0.4, 0.5) is 19.3 Å². The molecular weight excluding hydrogens is 456 g/mol. The molecule has 0 saturated carbocycles. The van der Waals surface area contributed by atoms with Crippen LogP contribution in [0.25, 0.3) is 0 Å². The van der Waals surface area contributed by atoms with Crippen LogP contribution in [-0.4, -0.2) is 49.9 Å². The maximum absolute atomic E-state index is 13.7. The second-order valence-electron chi connectivity index (χ2n) is 8.06. The van der Waals surface area contributed by atoms with Crippen LogP contribution in [0.1, 0.15) is 35.3 Å². The molecule has 1 fully saturated rings. The minimum absolute atomic E-state index is 0.0456. The van der Waals surface area contributed by atoms with Crippen LogP contribution in [0.5, 0.6) is 0 Å². The van der Waals surface area contributed by atoms with Crippen LogP contribution >= 0.6 is 0 Å². The molecule has 3 amide bonds. The van der Waals surface area contributed by atoms with E-state index in [1.54, 1.807) is 19.1 Å². The summed E-state index contributed by atoms with van der Waals surface area (Å²) in [4.78, 5) is 39.0. The molecule has 2 aromatic carbocycles. The highest BCUT2D eigenvalue weighted by Crippen LogP contribution is 2.32. The number of carbonyl (C=O) groups is 3. The summed E-state index contributed by atoms with van der Waals surface area (Å²) in [7, 11) is -3.43. The number of nitrogens with one attached hydrogen (secondary N) is 1. The van der Waals surface area contributed by atoms with Gasteiger partial charge in [0.05, 0.1) is 18.0 Å². The fraction of sp³-hybridized carbons (Fsp3) is 0.318. The van der Waals surface area contributed by atoms with E-state index in [1.165, 1.54) is 23.4 Å². The monoisotopic (exact) mass is 477 g/mol. The molecule has 2 heterocycles. The third-order valence-electron chi connectivity index (χ3n) is 6.03. The van der Waals surface area contributed by atoms with Gasteiger partial charge >= 0.3 is 6.03 Å². The predicted octanol–water partition coefficient (Wildman–Crippen LogP) is 2.33. The number of rotatable bonds is 6. The number of imide groups is 1. The summed E-state index contributed by atoms with van der Waals surface area (Å²) in [6.45, 7) is 2.63. The van der Waals surface area contributed by atoms with Crippen molar-refractivity contribution in [2.75, 3.05) is 23.1 Å². The van der Waals surface area contributed by atoms with Crippen molar-refractivity contribution in [1.29, 1.82) is 0 Å². The summed E-state index contributed by atoms with van der Waals surface area (Å²) in [5.74, 6) is -3.59. The molecule has 33 heavy (non-hydrogen) atoms. The second kappa shape index (κ2) is 7.91. The lowest BCUT2D eigenvalue weighted by Crippen LogP contribution is -2.41. The van der Waals surface area contributed by atoms with Gasteiger partial charge in [-0.05, 0) is 61.7 Å². The van der Waals surface area contributed by atoms with E-state index in [1.807, 2.05) is 0 Å². The smallest absolute Gasteiger partial charge is 0.319 e. The zero-order valence-electron chi connectivity index (χ0n) is 17.9. The number of halogens is 2. The fourth-order valence-electron chi connectivity index (χ4n) is 4.07. The first-order valence-corrected chi connectivity index (χ1v) is 11.8. The number of hydrogen-bond acceptors (Lipinski definition) is 5. The van der Waals surface area contributed by atoms with Gasteiger partial charge in [0.2, 0.25) is 10.0 Å². The van der Waals surface area contributed by atoms with E-state index in [4.69, 9.17) is 0 Å². The van der Waals surface area contributed by atoms with Crippen molar-refractivity contribution >= 4 is 33.4 Å². The van der Waals surface area contributed by atoms with Crippen LogP contribution < -0.4 is 9.62 Å². The van der Waals surface area contributed by atoms with Crippen molar-refractivity contribution in [3.8, 4) is 0 Å². The number of sulfonamides is 1. The SMILES string of the molecule is CCS(=O)(=O)N1CCc2cc(C(=O)CN3C(=O)NC(C)(c4ccc(F)c(F)c4)C3=O)ccc21. The lowest BCUT2D eigenvalue weighted by atomic mass is 9.92. The fourth-order valence-corrected chi connectivity index (χ4v) is 5.23. The van der Waals surface area contributed by atoms with Crippen molar-refractivity contribution in [1.82, 2.24) is 10.2 Å². The Morgan fingerprint density at radius 1 is 1.12 bits per heavy atom. The number of Topliss-reactive ketones (excluding diaryl/α,β-unsaturated/α-hetero) is 1. The van der Waals surface area contributed by atoms with Gasteiger partial charge in [-0.15, -0.1) is 0 Å². The molecule has 174 valence electrons. The van der Waals surface area contributed by atoms with Gasteiger partial charge in [0.15, 0.2) is 17.4 Å². The lowest BCUT2D eigenvalue weighted by molar-refractivity contribution is -0.130. The average molecular weight is 477 g/mol. The molecule has 0 aromatic heterocycles. The Morgan fingerprint density at radius 3 is 2.52 bits per heavy atom.